The molecule has 6 nitrogen and oxygen atoms in total. The Bertz CT molecular complexity index is 1240. The highest BCUT2D eigenvalue weighted by Crippen LogP contribution is 2.37. The molecule has 0 saturated heterocycles. The van der Waals surface area contributed by atoms with Gasteiger partial charge in [0.1, 0.15) is 4.90 Å². The Hall–Kier alpha value is -2.12. The Morgan fingerprint density at radius 2 is 1.45 bits per heavy atom. The Kier molecular flexibility index (Phi) is 8.65. The third-order valence-corrected chi connectivity index (χ3v) is 9.62. The van der Waals surface area contributed by atoms with Gasteiger partial charge in [0.15, 0.2) is 0 Å². The maximum absolute atomic E-state index is 13.6. The van der Waals surface area contributed by atoms with Gasteiger partial charge in [-0.3, -0.25) is 4.79 Å². The van der Waals surface area contributed by atoms with Crippen LogP contribution in [0.25, 0.3) is 11.3 Å². The largest absolute Gasteiger partial charge is 0.369 e. The van der Waals surface area contributed by atoms with Gasteiger partial charge in [-0.25, -0.2) is 13.1 Å². The average molecular weight is 544 g/mol. The number of hydrogen-bond donors (Lipinski definition) is 2. The molecule has 1 saturated carbocycles. The highest BCUT2D eigenvalue weighted by Gasteiger charge is 2.31. The molecule has 1 heterocycles. The van der Waals surface area contributed by atoms with Crippen LogP contribution in [-0.4, -0.2) is 25.4 Å². The van der Waals surface area contributed by atoms with E-state index in [1.807, 2.05) is 13.0 Å². The maximum atomic E-state index is 13.6. The van der Waals surface area contributed by atoms with Crippen LogP contribution < -0.4 is 10.5 Å². The molecule has 0 atom stereocenters. The topological polar surface area (TPSA) is 94.2 Å². The number of nitrogens with two attached hydrogens (primary N) is 1. The van der Waals surface area contributed by atoms with Crippen molar-refractivity contribution in [1.29, 1.82) is 0 Å². The van der Waals surface area contributed by atoms with Crippen LogP contribution in [0.2, 0.25) is 0 Å². The molecule has 1 aromatic heterocycles. The zero-order chi connectivity index (χ0) is 28.7. The minimum absolute atomic E-state index is 0.0529. The van der Waals surface area contributed by atoms with Crippen LogP contribution in [0.4, 0.5) is 0 Å². The van der Waals surface area contributed by atoms with E-state index in [1.54, 1.807) is 13.8 Å². The van der Waals surface area contributed by atoms with Gasteiger partial charge in [0, 0.05) is 24.5 Å². The first kappa shape index (κ1) is 30.4. The SMILES string of the molecule is Cc1c(S(=O)(=O)NCC(C)(C)C(N)=O)cc(-c2cc(C(C)(C)C)cc(C(C)(C)C)c2)n1CC1CCCCC1. The zero-order valence-corrected chi connectivity index (χ0v) is 25.8. The number of carbonyl (C=O) groups excluding carboxylic acids is 1. The van der Waals surface area contributed by atoms with E-state index >= 15 is 0 Å². The lowest BCUT2D eigenvalue weighted by Crippen LogP contribution is -2.42. The molecule has 0 bridgehead atoms. The molecule has 0 aliphatic heterocycles. The molecule has 0 radical (unpaired) electrons. The second kappa shape index (κ2) is 10.8. The number of sulfonamides is 1. The van der Waals surface area contributed by atoms with Gasteiger partial charge in [0.2, 0.25) is 15.9 Å². The van der Waals surface area contributed by atoms with Gasteiger partial charge in [-0.05, 0) is 85.3 Å². The van der Waals surface area contributed by atoms with Crippen molar-refractivity contribution in [1.82, 2.24) is 9.29 Å². The van der Waals surface area contributed by atoms with Crippen molar-refractivity contribution < 1.29 is 13.2 Å². The van der Waals surface area contributed by atoms with Crippen LogP contribution in [-0.2, 0) is 32.2 Å². The molecule has 1 aromatic carbocycles. The highest BCUT2D eigenvalue weighted by atomic mass is 32.2. The summed E-state index contributed by atoms with van der Waals surface area (Å²) in [6.07, 6.45) is 6.06. The van der Waals surface area contributed by atoms with Gasteiger partial charge >= 0.3 is 0 Å². The summed E-state index contributed by atoms with van der Waals surface area (Å²) in [7, 11) is -3.86. The van der Waals surface area contributed by atoms with Crippen molar-refractivity contribution in [2.45, 2.75) is 117 Å². The lowest BCUT2D eigenvalue weighted by atomic mass is 9.79. The van der Waals surface area contributed by atoms with Crippen LogP contribution in [0, 0.1) is 18.3 Å². The number of nitrogens with one attached hydrogen (secondary N) is 1. The van der Waals surface area contributed by atoms with E-state index < -0.39 is 21.3 Å². The second-order valence-corrected chi connectivity index (χ2v) is 15.7. The van der Waals surface area contributed by atoms with Crippen LogP contribution in [0.1, 0.15) is 104 Å². The number of benzene rings is 1. The summed E-state index contributed by atoms with van der Waals surface area (Å²) >= 11 is 0. The number of hydrogen-bond acceptors (Lipinski definition) is 3. The molecule has 2 aromatic rings. The zero-order valence-electron chi connectivity index (χ0n) is 25.0. The number of aromatic nitrogens is 1. The number of carbonyl (C=O) groups is 1. The van der Waals surface area contributed by atoms with Crippen LogP contribution >= 0.6 is 0 Å². The minimum Gasteiger partial charge on any atom is -0.369 e. The summed E-state index contributed by atoms with van der Waals surface area (Å²) in [5.74, 6) is -0.0139. The van der Waals surface area contributed by atoms with Gasteiger partial charge in [-0.15, -0.1) is 0 Å². The molecule has 3 N–H and O–H groups in total. The van der Waals surface area contributed by atoms with E-state index in [4.69, 9.17) is 5.73 Å². The van der Waals surface area contributed by atoms with E-state index in [-0.39, 0.29) is 22.3 Å². The minimum atomic E-state index is -3.86. The quantitative estimate of drug-likeness (QED) is 0.402. The summed E-state index contributed by atoms with van der Waals surface area (Å²) in [5.41, 5.74) is 9.56. The molecule has 3 rings (SSSR count). The van der Waals surface area contributed by atoms with Gasteiger partial charge in [-0.1, -0.05) is 66.9 Å². The first-order chi connectivity index (χ1) is 17.3. The third-order valence-electron chi connectivity index (χ3n) is 8.11. The Balaban J connectivity index is 2.19. The lowest BCUT2D eigenvalue weighted by Gasteiger charge is -2.27. The molecular formula is C31H49N3O3S. The summed E-state index contributed by atoms with van der Waals surface area (Å²) in [6, 6.07) is 8.56. The fraction of sp³-hybridized carbons (Fsp3) is 0.645. The second-order valence-electron chi connectivity index (χ2n) is 14.0. The smallest absolute Gasteiger partial charge is 0.242 e. The lowest BCUT2D eigenvalue weighted by molar-refractivity contribution is -0.125. The van der Waals surface area contributed by atoms with Crippen molar-refractivity contribution in [3.8, 4) is 11.3 Å². The molecule has 7 heteroatoms. The van der Waals surface area contributed by atoms with Crippen LogP contribution in [0.15, 0.2) is 29.2 Å². The predicted molar refractivity (Wildman–Crippen MR) is 157 cm³/mol. The summed E-state index contributed by atoms with van der Waals surface area (Å²) < 4.78 is 32.1. The number of nitrogens with zero attached hydrogens (tertiary/aromatic N) is 1. The molecule has 1 fully saturated rings. The number of rotatable bonds is 8. The van der Waals surface area contributed by atoms with E-state index in [9.17, 15) is 13.2 Å². The van der Waals surface area contributed by atoms with Crippen molar-refractivity contribution in [3.63, 3.8) is 0 Å². The van der Waals surface area contributed by atoms with Gasteiger partial charge in [-0.2, -0.15) is 0 Å². The van der Waals surface area contributed by atoms with E-state index in [1.165, 1.54) is 43.2 Å². The Morgan fingerprint density at radius 1 is 0.921 bits per heavy atom. The molecule has 38 heavy (non-hydrogen) atoms. The van der Waals surface area contributed by atoms with E-state index in [0.29, 0.717) is 5.92 Å². The third kappa shape index (κ3) is 6.90. The molecule has 1 aliphatic carbocycles. The van der Waals surface area contributed by atoms with E-state index in [2.05, 4.69) is 69.0 Å². The van der Waals surface area contributed by atoms with Crippen molar-refractivity contribution in [2.75, 3.05) is 6.54 Å². The standard InChI is InChI=1S/C31H49N3O3S/c1-21-27(38(36,37)33-20-31(8,9)28(32)35)18-26(34(21)19-22-13-11-10-12-14-22)23-15-24(29(2,3)4)17-25(16-23)30(5,6)7/h15-18,22,33H,10-14,19-20H2,1-9H3,(H2,32,35). The van der Waals surface area contributed by atoms with Crippen molar-refractivity contribution >= 4 is 15.9 Å². The highest BCUT2D eigenvalue weighted by molar-refractivity contribution is 7.89. The van der Waals surface area contributed by atoms with Crippen LogP contribution in [0.3, 0.4) is 0 Å². The number of primary amides is 1. The maximum Gasteiger partial charge on any atom is 0.242 e. The molecule has 0 spiro atoms. The van der Waals surface area contributed by atoms with Gasteiger partial charge in [0.25, 0.3) is 0 Å². The normalized spacial score (nSPS) is 16.1. The van der Waals surface area contributed by atoms with Gasteiger partial charge in [0.05, 0.1) is 5.41 Å². The summed E-state index contributed by atoms with van der Waals surface area (Å²) in [6.45, 7) is 19.2. The van der Waals surface area contributed by atoms with Crippen molar-refractivity contribution in [2.24, 2.45) is 17.1 Å². The molecule has 212 valence electrons. The predicted octanol–water partition coefficient (Wildman–Crippen LogP) is 6.43. The average Bonchev–Trinajstić information content (AvgIpc) is 3.14. The molecule has 0 unspecified atom stereocenters. The fourth-order valence-corrected chi connectivity index (χ4v) is 6.55. The first-order valence-electron chi connectivity index (χ1n) is 14.0. The molecule has 1 aliphatic rings. The number of amides is 1. The Labute approximate surface area is 230 Å². The summed E-state index contributed by atoms with van der Waals surface area (Å²) in [4.78, 5) is 12.1. The summed E-state index contributed by atoms with van der Waals surface area (Å²) in [5, 5.41) is 0. The van der Waals surface area contributed by atoms with Gasteiger partial charge < -0.3 is 10.3 Å². The molecule has 1 amide bonds. The monoisotopic (exact) mass is 543 g/mol. The Morgan fingerprint density at radius 3 is 1.92 bits per heavy atom. The molecular weight excluding hydrogens is 494 g/mol. The first-order valence-corrected chi connectivity index (χ1v) is 15.5. The van der Waals surface area contributed by atoms with Crippen molar-refractivity contribution in [3.05, 3.63) is 41.1 Å². The van der Waals surface area contributed by atoms with E-state index in [0.717, 1.165) is 23.5 Å². The van der Waals surface area contributed by atoms with Crippen LogP contribution in [0.5, 0.6) is 0 Å². The fourth-order valence-electron chi connectivity index (χ4n) is 5.08.